The lowest BCUT2D eigenvalue weighted by Crippen LogP contribution is -2.32. The second-order valence-electron chi connectivity index (χ2n) is 6.91. The van der Waals surface area contributed by atoms with Gasteiger partial charge in [0.2, 0.25) is 5.91 Å². The van der Waals surface area contributed by atoms with Crippen molar-refractivity contribution in [2.75, 3.05) is 31.0 Å². The minimum absolute atomic E-state index is 0.145. The summed E-state index contributed by atoms with van der Waals surface area (Å²) in [5.41, 5.74) is 4.29. The molecule has 0 fully saturated rings. The average Bonchev–Trinajstić information content (AvgIpc) is 2.94. The molecular weight excluding hydrogens is 344 g/mol. The van der Waals surface area contributed by atoms with E-state index in [1.165, 1.54) is 7.11 Å². The fourth-order valence-corrected chi connectivity index (χ4v) is 3.95. The number of nitrogens with zero attached hydrogens (tertiary/aromatic N) is 1. The van der Waals surface area contributed by atoms with E-state index in [9.17, 15) is 9.59 Å². The fraction of sp³-hybridized carbons (Fsp3) is 0.333. The van der Waals surface area contributed by atoms with E-state index in [1.54, 1.807) is 25.3 Å². The van der Waals surface area contributed by atoms with Crippen molar-refractivity contribution >= 4 is 23.2 Å². The van der Waals surface area contributed by atoms with E-state index >= 15 is 0 Å². The van der Waals surface area contributed by atoms with Gasteiger partial charge in [-0.05, 0) is 55.2 Å². The lowest BCUT2D eigenvalue weighted by molar-refractivity contribution is -0.119. The Labute approximate surface area is 158 Å². The first kappa shape index (κ1) is 17.4. The summed E-state index contributed by atoms with van der Waals surface area (Å²) in [6.07, 6.45) is 1.85. The van der Waals surface area contributed by atoms with Crippen LogP contribution in [0.4, 0.5) is 11.4 Å². The zero-order valence-electron chi connectivity index (χ0n) is 15.7. The smallest absolute Gasteiger partial charge is 0.259 e. The number of carbonyl (C=O) groups excluding carboxylic acids is 2. The molecule has 1 atom stereocenters. The van der Waals surface area contributed by atoms with Crippen LogP contribution in [0.2, 0.25) is 0 Å². The predicted octanol–water partition coefficient (Wildman–Crippen LogP) is 3.35. The molecule has 0 unspecified atom stereocenters. The summed E-state index contributed by atoms with van der Waals surface area (Å²) in [6.45, 7) is 2.70. The molecule has 2 amide bonds. The van der Waals surface area contributed by atoms with Gasteiger partial charge in [0.25, 0.3) is 5.91 Å². The highest BCUT2D eigenvalue weighted by molar-refractivity contribution is 6.09. The first-order valence-electron chi connectivity index (χ1n) is 9.05. The normalized spacial score (nSPS) is 17.5. The molecule has 6 nitrogen and oxygen atoms in total. The van der Waals surface area contributed by atoms with Gasteiger partial charge in [0.1, 0.15) is 11.5 Å². The number of amides is 2. The molecule has 140 valence electrons. The molecule has 0 saturated carbocycles. The molecule has 1 N–H and O–H groups in total. The first-order valence-corrected chi connectivity index (χ1v) is 9.05. The van der Waals surface area contributed by atoms with Crippen molar-refractivity contribution in [3.05, 3.63) is 47.0 Å². The molecule has 0 spiro atoms. The Morgan fingerprint density at radius 1 is 1.19 bits per heavy atom. The maximum Gasteiger partial charge on any atom is 0.259 e. The zero-order chi connectivity index (χ0) is 19.1. The summed E-state index contributed by atoms with van der Waals surface area (Å²) in [6, 6.07) is 8.98. The third-order valence-electron chi connectivity index (χ3n) is 5.33. The minimum Gasteiger partial charge on any atom is -0.497 e. The topological polar surface area (TPSA) is 67.9 Å². The molecule has 2 aromatic rings. The Kier molecular flexibility index (Phi) is 4.26. The molecule has 2 aliphatic heterocycles. The second-order valence-corrected chi connectivity index (χ2v) is 6.91. The molecule has 4 rings (SSSR count). The highest BCUT2D eigenvalue weighted by atomic mass is 16.5. The van der Waals surface area contributed by atoms with E-state index in [0.717, 1.165) is 36.2 Å². The maximum atomic E-state index is 12.8. The Balaban J connectivity index is 1.67. The Hall–Kier alpha value is -3.02. The van der Waals surface area contributed by atoms with Crippen LogP contribution in [0.5, 0.6) is 11.5 Å². The number of hydrogen-bond donors (Lipinski definition) is 1. The second kappa shape index (κ2) is 6.61. The third kappa shape index (κ3) is 2.81. The monoisotopic (exact) mass is 366 g/mol. The van der Waals surface area contributed by atoms with Crippen molar-refractivity contribution in [3.63, 3.8) is 0 Å². The third-order valence-corrected chi connectivity index (χ3v) is 5.33. The Morgan fingerprint density at radius 2 is 2.00 bits per heavy atom. The van der Waals surface area contributed by atoms with E-state index in [-0.39, 0.29) is 17.7 Å². The van der Waals surface area contributed by atoms with E-state index < -0.39 is 0 Å². The summed E-state index contributed by atoms with van der Waals surface area (Å²) in [5.74, 6) is 0.781. The van der Waals surface area contributed by atoms with Gasteiger partial charge in [-0.25, -0.2) is 0 Å². The van der Waals surface area contributed by atoms with Crippen molar-refractivity contribution < 1.29 is 19.1 Å². The zero-order valence-corrected chi connectivity index (χ0v) is 15.7. The number of aryl methyl sites for hydroxylation is 1. The molecule has 2 aliphatic rings. The minimum atomic E-state index is -0.258. The van der Waals surface area contributed by atoms with Crippen LogP contribution >= 0.6 is 0 Å². The summed E-state index contributed by atoms with van der Waals surface area (Å²) in [4.78, 5) is 27.2. The SMILES string of the molecule is COc1ccc(C(=O)Nc2cc3c4c(c2)[C@@H](C)C(=O)N4CCC3)c(OC)c1. The number of carbonyl (C=O) groups is 2. The molecule has 0 aliphatic carbocycles. The van der Waals surface area contributed by atoms with Gasteiger partial charge < -0.3 is 19.7 Å². The number of hydrogen-bond acceptors (Lipinski definition) is 4. The number of anilines is 2. The van der Waals surface area contributed by atoms with E-state index in [1.807, 2.05) is 24.0 Å². The number of nitrogens with one attached hydrogen (secondary N) is 1. The van der Waals surface area contributed by atoms with Gasteiger partial charge in [0.15, 0.2) is 0 Å². The molecule has 2 aromatic carbocycles. The number of methoxy groups -OCH3 is 2. The summed E-state index contributed by atoms with van der Waals surface area (Å²) >= 11 is 0. The summed E-state index contributed by atoms with van der Waals surface area (Å²) in [5, 5.41) is 2.96. The van der Waals surface area contributed by atoms with Crippen LogP contribution in [0.3, 0.4) is 0 Å². The van der Waals surface area contributed by atoms with E-state index in [2.05, 4.69) is 5.32 Å². The number of benzene rings is 2. The molecule has 2 heterocycles. The van der Waals surface area contributed by atoms with Gasteiger partial charge in [-0.2, -0.15) is 0 Å². The van der Waals surface area contributed by atoms with Crippen LogP contribution < -0.4 is 19.7 Å². The summed E-state index contributed by atoms with van der Waals surface area (Å²) in [7, 11) is 3.09. The van der Waals surface area contributed by atoms with Crippen molar-refractivity contribution in [2.24, 2.45) is 0 Å². The maximum absolute atomic E-state index is 12.8. The fourth-order valence-electron chi connectivity index (χ4n) is 3.95. The van der Waals surface area contributed by atoms with E-state index in [0.29, 0.717) is 22.7 Å². The lowest BCUT2D eigenvalue weighted by atomic mass is 9.96. The van der Waals surface area contributed by atoms with Crippen molar-refractivity contribution in [1.82, 2.24) is 0 Å². The molecule has 0 saturated heterocycles. The molecule has 6 heteroatoms. The molecular formula is C21H22N2O4. The summed E-state index contributed by atoms with van der Waals surface area (Å²) < 4.78 is 10.5. The van der Waals surface area contributed by atoms with E-state index in [4.69, 9.17) is 9.47 Å². The average molecular weight is 366 g/mol. The highest BCUT2D eigenvalue weighted by Gasteiger charge is 2.38. The van der Waals surface area contributed by atoms with Gasteiger partial charge in [-0.1, -0.05) is 0 Å². The standard InChI is InChI=1S/C21H22N2O4/c1-12-17-10-14(9-13-5-4-8-23(19(13)17)21(12)25)22-20(24)16-7-6-15(26-2)11-18(16)27-3/h6-7,9-12H,4-5,8H2,1-3H3,(H,22,24)/t12-/m1/s1. The predicted molar refractivity (Wildman–Crippen MR) is 103 cm³/mol. The van der Waals surface area contributed by atoms with Crippen LogP contribution in [0.15, 0.2) is 30.3 Å². The van der Waals surface area contributed by atoms with Crippen molar-refractivity contribution in [1.29, 1.82) is 0 Å². The Morgan fingerprint density at radius 3 is 2.74 bits per heavy atom. The molecule has 0 bridgehead atoms. The molecule has 0 aromatic heterocycles. The van der Waals surface area contributed by atoms with Gasteiger partial charge in [-0.3, -0.25) is 9.59 Å². The van der Waals surface area contributed by atoms with Gasteiger partial charge >= 0.3 is 0 Å². The van der Waals surface area contributed by atoms with Crippen LogP contribution in [0, 0.1) is 0 Å². The first-order chi connectivity index (χ1) is 13.0. The van der Waals surface area contributed by atoms with Crippen molar-refractivity contribution in [3.8, 4) is 11.5 Å². The molecule has 27 heavy (non-hydrogen) atoms. The van der Waals surface area contributed by atoms with Crippen LogP contribution in [-0.4, -0.2) is 32.6 Å². The van der Waals surface area contributed by atoms with Crippen LogP contribution in [0.25, 0.3) is 0 Å². The Bertz CT molecular complexity index is 938. The number of rotatable bonds is 4. The number of ether oxygens (including phenoxy) is 2. The van der Waals surface area contributed by atoms with Crippen LogP contribution in [0.1, 0.15) is 40.7 Å². The largest absolute Gasteiger partial charge is 0.497 e. The van der Waals surface area contributed by atoms with Gasteiger partial charge in [0, 0.05) is 18.3 Å². The quantitative estimate of drug-likeness (QED) is 0.901. The van der Waals surface area contributed by atoms with Crippen molar-refractivity contribution in [2.45, 2.75) is 25.7 Å². The van der Waals surface area contributed by atoms with Gasteiger partial charge in [-0.15, -0.1) is 0 Å². The lowest BCUT2D eigenvalue weighted by Gasteiger charge is -2.26. The highest BCUT2D eigenvalue weighted by Crippen LogP contribution is 2.44. The van der Waals surface area contributed by atoms with Gasteiger partial charge in [0.05, 0.1) is 31.4 Å². The molecule has 0 radical (unpaired) electrons. The van der Waals surface area contributed by atoms with Crippen LogP contribution in [-0.2, 0) is 11.2 Å².